The van der Waals surface area contributed by atoms with Gasteiger partial charge in [0.25, 0.3) is 0 Å². The fourth-order valence-corrected chi connectivity index (χ4v) is 4.09. The molecule has 1 aromatic heterocycles. The molecule has 1 atom stereocenters. The number of fused-ring (bicyclic) bond motifs is 1. The minimum absolute atomic E-state index is 0.845. The van der Waals surface area contributed by atoms with Crippen LogP contribution in [0.1, 0.15) is 24.3 Å². The van der Waals surface area contributed by atoms with E-state index in [4.69, 9.17) is 4.98 Å². The molecule has 1 aliphatic heterocycles. The minimum Gasteiger partial charge on any atom is -0.316 e. The molecule has 1 aromatic carbocycles. The van der Waals surface area contributed by atoms with Crippen LogP contribution in [0.5, 0.6) is 0 Å². The molecule has 4 heteroatoms. The van der Waals surface area contributed by atoms with Crippen LogP contribution in [0, 0.1) is 5.92 Å². The minimum atomic E-state index is 0.845. The number of hydrogen-bond donors (Lipinski definition) is 1. The van der Waals surface area contributed by atoms with Crippen molar-refractivity contribution in [1.29, 1.82) is 0 Å². The van der Waals surface area contributed by atoms with Crippen LogP contribution in [0.4, 0.5) is 0 Å². The molecule has 0 amide bonds. The summed E-state index contributed by atoms with van der Waals surface area (Å²) >= 11 is 5.35. The molecular formula is C14H17BrN2S. The zero-order valence-corrected chi connectivity index (χ0v) is 12.7. The zero-order chi connectivity index (χ0) is 12.4. The van der Waals surface area contributed by atoms with Gasteiger partial charge >= 0.3 is 0 Å². The van der Waals surface area contributed by atoms with E-state index in [1.54, 1.807) is 0 Å². The summed E-state index contributed by atoms with van der Waals surface area (Å²) in [6.07, 6.45) is 5.11. The Bertz CT molecular complexity index is 532. The highest BCUT2D eigenvalue weighted by atomic mass is 79.9. The quantitative estimate of drug-likeness (QED) is 0.923. The highest BCUT2D eigenvalue weighted by molar-refractivity contribution is 9.10. The van der Waals surface area contributed by atoms with Gasteiger partial charge in [0.2, 0.25) is 0 Å². The molecule has 0 saturated carbocycles. The Morgan fingerprint density at radius 1 is 1.44 bits per heavy atom. The number of halogens is 1. The molecule has 18 heavy (non-hydrogen) atoms. The fourth-order valence-electron chi connectivity index (χ4n) is 2.55. The van der Waals surface area contributed by atoms with Crippen LogP contribution in [0.25, 0.3) is 10.2 Å². The van der Waals surface area contributed by atoms with Crippen molar-refractivity contribution < 1.29 is 0 Å². The van der Waals surface area contributed by atoms with E-state index in [0.29, 0.717) is 0 Å². The lowest BCUT2D eigenvalue weighted by molar-refractivity contribution is 0.358. The second-order valence-electron chi connectivity index (χ2n) is 4.97. The first kappa shape index (κ1) is 12.6. The van der Waals surface area contributed by atoms with Gasteiger partial charge in [0, 0.05) is 4.47 Å². The summed E-state index contributed by atoms with van der Waals surface area (Å²) in [7, 11) is 0. The van der Waals surface area contributed by atoms with Gasteiger partial charge < -0.3 is 5.32 Å². The number of rotatable bonds is 3. The molecule has 2 aromatic rings. The van der Waals surface area contributed by atoms with Crippen molar-refractivity contribution in [3.8, 4) is 0 Å². The number of nitrogens with one attached hydrogen (secondary N) is 1. The van der Waals surface area contributed by atoms with Gasteiger partial charge in [-0.2, -0.15) is 0 Å². The van der Waals surface area contributed by atoms with Crippen LogP contribution in [0.15, 0.2) is 22.7 Å². The van der Waals surface area contributed by atoms with Crippen molar-refractivity contribution in [3.63, 3.8) is 0 Å². The summed E-state index contributed by atoms with van der Waals surface area (Å²) in [5, 5.41) is 4.77. The summed E-state index contributed by atoms with van der Waals surface area (Å²) < 4.78 is 2.43. The SMILES string of the molecule is Brc1ccc2nc(CCC3CCCNC3)sc2c1. The summed E-state index contributed by atoms with van der Waals surface area (Å²) in [5.74, 6) is 0.845. The Labute approximate surface area is 120 Å². The molecule has 1 aliphatic rings. The van der Waals surface area contributed by atoms with E-state index in [-0.39, 0.29) is 0 Å². The normalized spacial score (nSPS) is 20.4. The summed E-state index contributed by atoms with van der Waals surface area (Å²) in [5.41, 5.74) is 1.14. The Morgan fingerprint density at radius 2 is 2.39 bits per heavy atom. The van der Waals surface area contributed by atoms with Crippen LogP contribution >= 0.6 is 27.3 Å². The average molecular weight is 325 g/mol. The van der Waals surface area contributed by atoms with Crippen LogP contribution in [0.3, 0.4) is 0 Å². The predicted octanol–water partition coefficient (Wildman–Crippen LogP) is 3.99. The molecular weight excluding hydrogens is 308 g/mol. The van der Waals surface area contributed by atoms with Crippen LogP contribution < -0.4 is 5.32 Å². The molecule has 96 valence electrons. The van der Waals surface area contributed by atoms with E-state index < -0.39 is 0 Å². The monoisotopic (exact) mass is 324 g/mol. The van der Waals surface area contributed by atoms with Gasteiger partial charge in [-0.15, -0.1) is 11.3 Å². The van der Waals surface area contributed by atoms with Gasteiger partial charge in [0.1, 0.15) is 0 Å². The lowest BCUT2D eigenvalue weighted by Gasteiger charge is -2.21. The molecule has 0 spiro atoms. The lowest BCUT2D eigenvalue weighted by Crippen LogP contribution is -2.29. The number of thiazole rings is 1. The molecule has 2 heterocycles. The first-order valence-corrected chi connectivity index (χ1v) is 8.18. The Hall–Kier alpha value is -0.450. The van der Waals surface area contributed by atoms with Crippen molar-refractivity contribution in [1.82, 2.24) is 10.3 Å². The number of nitrogens with zero attached hydrogens (tertiary/aromatic N) is 1. The number of aryl methyl sites for hydroxylation is 1. The van der Waals surface area contributed by atoms with E-state index in [9.17, 15) is 0 Å². The van der Waals surface area contributed by atoms with Gasteiger partial charge in [0.15, 0.2) is 0 Å². The van der Waals surface area contributed by atoms with Gasteiger partial charge in [-0.1, -0.05) is 15.9 Å². The molecule has 2 nitrogen and oxygen atoms in total. The van der Waals surface area contributed by atoms with E-state index >= 15 is 0 Å². The summed E-state index contributed by atoms with van der Waals surface area (Å²) in [6.45, 7) is 2.39. The second kappa shape index (κ2) is 5.68. The molecule has 1 unspecified atom stereocenters. The lowest BCUT2D eigenvalue weighted by atomic mass is 9.95. The molecule has 0 bridgehead atoms. The number of piperidine rings is 1. The Morgan fingerprint density at radius 3 is 3.22 bits per heavy atom. The van der Waals surface area contributed by atoms with E-state index in [1.807, 2.05) is 11.3 Å². The summed E-state index contributed by atoms with van der Waals surface area (Å²) in [6, 6.07) is 6.33. The van der Waals surface area contributed by atoms with Crippen LogP contribution in [-0.2, 0) is 6.42 Å². The standard InChI is InChI=1S/C14H17BrN2S/c15-11-4-5-12-13(8-11)18-14(17-12)6-3-10-2-1-7-16-9-10/h4-5,8,10,16H,1-3,6-7,9H2. The van der Waals surface area contributed by atoms with Crippen molar-refractivity contribution in [3.05, 3.63) is 27.7 Å². The number of aromatic nitrogens is 1. The van der Waals surface area contributed by atoms with Crippen LogP contribution in [0.2, 0.25) is 0 Å². The van der Waals surface area contributed by atoms with E-state index in [1.165, 1.54) is 42.1 Å². The molecule has 1 fully saturated rings. The van der Waals surface area contributed by atoms with Gasteiger partial charge in [0.05, 0.1) is 15.2 Å². The van der Waals surface area contributed by atoms with Crippen molar-refractivity contribution in [2.24, 2.45) is 5.92 Å². The van der Waals surface area contributed by atoms with Crippen molar-refractivity contribution >= 4 is 37.5 Å². The molecule has 1 N–H and O–H groups in total. The molecule has 1 saturated heterocycles. The van der Waals surface area contributed by atoms with Gasteiger partial charge in [-0.05, 0) is 62.9 Å². The third-order valence-corrected chi connectivity index (χ3v) is 5.13. The Kier molecular flexibility index (Phi) is 3.97. The third kappa shape index (κ3) is 2.92. The molecule has 0 radical (unpaired) electrons. The largest absolute Gasteiger partial charge is 0.316 e. The van der Waals surface area contributed by atoms with Gasteiger partial charge in [-0.25, -0.2) is 4.98 Å². The third-order valence-electron chi connectivity index (χ3n) is 3.56. The summed E-state index contributed by atoms with van der Waals surface area (Å²) in [4.78, 5) is 4.72. The second-order valence-corrected chi connectivity index (χ2v) is 7.00. The number of hydrogen-bond acceptors (Lipinski definition) is 3. The van der Waals surface area contributed by atoms with E-state index in [2.05, 4.69) is 39.4 Å². The smallest absolute Gasteiger partial charge is 0.0938 e. The molecule has 3 rings (SSSR count). The maximum Gasteiger partial charge on any atom is 0.0938 e. The Balaban J connectivity index is 1.67. The zero-order valence-electron chi connectivity index (χ0n) is 10.3. The average Bonchev–Trinajstić information content (AvgIpc) is 2.79. The topological polar surface area (TPSA) is 24.9 Å². The maximum atomic E-state index is 4.72. The van der Waals surface area contributed by atoms with Gasteiger partial charge in [-0.3, -0.25) is 0 Å². The first-order valence-electron chi connectivity index (χ1n) is 6.57. The van der Waals surface area contributed by atoms with E-state index in [0.717, 1.165) is 22.3 Å². The number of benzene rings is 1. The highest BCUT2D eigenvalue weighted by Gasteiger charge is 2.13. The predicted molar refractivity (Wildman–Crippen MR) is 81.2 cm³/mol. The van der Waals surface area contributed by atoms with Crippen molar-refractivity contribution in [2.75, 3.05) is 13.1 Å². The molecule has 0 aliphatic carbocycles. The highest BCUT2D eigenvalue weighted by Crippen LogP contribution is 2.27. The maximum absolute atomic E-state index is 4.72. The van der Waals surface area contributed by atoms with Crippen molar-refractivity contribution in [2.45, 2.75) is 25.7 Å². The fraction of sp³-hybridized carbons (Fsp3) is 0.500. The van der Waals surface area contributed by atoms with Crippen LogP contribution in [-0.4, -0.2) is 18.1 Å². The first-order chi connectivity index (χ1) is 8.81.